The number of carbonyl (C=O) groups excluding carboxylic acids is 4. The number of aldehydes is 2. The molecule has 0 aromatic carbocycles. The summed E-state index contributed by atoms with van der Waals surface area (Å²) in [6.45, 7) is 8.22. The second-order valence-corrected chi connectivity index (χ2v) is 12.4. The summed E-state index contributed by atoms with van der Waals surface area (Å²) in [5.74, 6) is 1.06. The molecule has 2 aromatic rings. The van der Waals surface area contributed by atoms with Gasteiger partial charge in [-0.25, -0.2) is 14.8 Å². The predicted molar refractivity (Wildman–Crippen MR) is 191 cm³/mol. The van der Waals surface area contributed by atoms with Gasteiger partial charge in [0.25, 0.3) is 0 Å². The highest BCUT2D eigenvalue weighted by atomic mass is 16.5. The highest BCUT2D eigenvalue weighted by molar-refractivity contribution is 6.01. The number of nitrogens with zero attached hydrogens (tertiary/aromatic N) is 6. The first kappa shape index (κ1) is 40.0. The smallest absolute Gasteiger partial charge is 0.328 e. The van der Waals surface area contributed by atoms with E-state index in [-0.39, 0.29) is 29.6 Å². The number of ether oxygens (including phenoxy) is 2. The van der Waals surface area contributed by atoms with E-state index < -0.39 is 6.03 Å². The molecular weight excluding hydrogens is 638 g/mol. The number of anilines is 2. The van der Waals surface area contributed by atoms with Crippen molar-refractivity contribution in [2.24, 2.45) is 0 Å². The van der Waals surface area contributed by atoms with Crippen molar-refractivity contribution in [3.05, 3.63) is 40.7 Å². The van der Waals surface area contributed by atoms with Gasteiger partial charge >= 0.3 is 6.03 Å². The molecule has 2 aliphatic heterocycles. The largest absolute Gasteiger partial charge is 0.489 e. The molecular formula is C37H53N7O6. The number of nitrogens with one attached hydrogen (secondary N) is 1. The molecule has 0 unspecified atom stereocenters. The van der Waals surface area contributed by atoms with Gasteiger partial charge in [-0.05, 0) is 57.2 Å². The Morgan fingerprint density at radius 1 is 1.06 bits per heavy atom. The zero-order valence-corrected chi connectivity index (χ0v) is 30.3. The van der Waals surface area contributed by atoms with Crippen LogP contribution in [0.25, 0.3) is 0 Å². The maximum atomic E-state index is 13.4. The number of aryl methyl sites for hydroxylation is 1. The van der Waals surface area contributed by atoms with Crippen molar-refractivity contribution >= 4 is 36.1 Å². The van der Waals surface area contributed by atoms with E-state index in [0.29, 0.717) is 74.4 Å². The normalized spacial score (nSPS) is 19.4. The topological polar surface area (TPSA) is 158 Å². The van der Waals surface area contributed by atoms with Crippen LogP contribution in [0.15, 0.2) is 18.3 Å². The lowest BCUT2D eigenvalue weighted by Gasteiger charge is -2.33. The van der Waals surface area contributed by atoms with Gasteiger partial charge in [0.05, 0.1) is 24.9 Å². The molecule has 2 aliphatic carbocycles. The number of likely N-dealkylation sites (N-methyl/N-ethyl adjacent to an activating group) is 1. The van der Waals surface area contributed by atoms with Crippen molar-refractivity contribution in [1.82, 2.24) is 19.8 Å². The van der Waals surface area contributed by atoms with E-state index >= 15 is 0 Å². The van der Waals surface area contributed by atoms with Crippen LogP contribution >= 0.6 is 0 Å². The number of piperazine rings is 1. The van der Waals surface area contributed by atoms with Gasteiger partial charge in [0.1, 0.15) is 41.0 Å². The van der Waals surface area contributed by atoms with Gasteiger partial charge < -0.3 is 19.2 Å². The molecule has 2 saturated carbocycles. The summed E-state index contributed by atoms with van der Waals surface area (Å²) in [6.07, 6.45) is 13.1. The molecule has 0 atom stereocenters. The Labute approximate surface area is 296 Å². The highest BCUT2D eigenvalue weighted by Crippen LogP contribution is 2.31. The van der Waals surface area contributed by atoms with Gasteiger partial charge in [-0.3, -0.25) is 24.7 Å². The van der Waals surface area contributed by atoms with Gasteiger partial charge in [0.2, 0.25) is 5.91 Å². The number of hydrogen-bond acceptors (Lipinski definition) is 10. The monoisotopic (exact) mass is 691 g/mol. The molecule has 4 aliphatic rings. The molecule has 13 heteroatoms. The van der Waals surface area contributed by atoms with E-state index in [2.05, 4.69) is 21.4 Å². The van der Waals surface area contributed by atoms with Crippen LogP contribution in [0.5, 0.6) is 5.75 Å². The van der Waals surface area contributed by atoms with Gasteiger partial charge in [0, 0.05) is 51.3 Å². The van der Waals surface area contributed by atoms with E-state index in [1.54, 1.807) is 18.1 Å². The molecule has 2 aromatic heterocycles. The van der Waals surface area contributed by atoms with Crippen molar-refractivity contribution in [2.45, 2.75) is 104 Å². The Kier molecular flexibility index (Phi) is 16.8. The molecule has 4 heterocycles. The number of methoxy groups -OCH3 is 1. The highest BCUT2D eigenvalue weighted by Gasteiger charge is 2.29. The number of amides is 3. The molecule has 1 saturated heterocycles. The fourth-order valence-corrected chi connectivity index (χ4v) is 5.61. The minimum atomic E-state index is -0.443. The summed E-state index contributed by atoms with van der Waals surface area (Å²) in [5, 5.41) is 12.4. The van der Waals surface area contributed by atoms with E-state index in [9.17, 15) is 24.4 Å². The van der Waals surface area contributed by atoms with Crippen molar-refractivity contribution in [3.63, 3.8) is 0 Å². The van der Waals surface area contributed by atoms with Crippen LogP contribution in [0.2, 0.25) is 0 Å². The summed E-state index contributed by atoms with van der Waals surface area (Å²) in [7, 11) is 3.62. The molecule has 50 heavy (non-hydrogen) atoms. The van der Waals surface area contributed by atoms with E-state index in [1.807, 2.05) is 38.8 Å². The molecule has 0 radical (unpaired) electrons. The van der Waals surface area contributed by atoms with E-state index in [4.69, 9.17) is 9.47 Å². The molecule has 1 N–H and O–H groups in total. The number of pyridine rings is 2. The average molecular weight is 692 g/mol. The molecule has 13 nitrogen and oxygen atoms in total. The number of carbonyl (C=O) groups is 4. The van der Waals surface area contributed by atoms with Gasteiger partial charge in [0.15, 0.2) is 6.29 Å². The quantitative estimate of drug-likeness (QED) is 0.348. The minimum absolute atomic E-state index is 0.00949. The first-order chi connectivity index (χ1) is 24.3. The van der Waals surface area contributed by atoms with Crippen LogP contribution in [0.1, 0.15) is 106 Å². The number of hydrogen-bond donors (Lipinski definition) is 1. The third-order valence-electron chi connectivity index (χ3n) is 8.49. The number of nitriles is 1. The maximum Gasteiger partial charge on any atom is 0.328 e. The summed E-state index contributed by atoms with van der Waals surface area (Å²) in [5.41, 5.74) is 2.03. The van der Waals surface area contributed by atoms with Crippen LogP contribution in [0.3, 0.4) is 0 Å². The third-order valence-corrected chi connectivity index (χ3v) is 8.49. The molecule has 0 spiro atoms. The second kappa shape index (κ2) is 21.0. The standard InChI is InChI=1S/C29H35N7O5.C3H6O.C3H6.C2H6/c1-34-10-11-35(27(38)17-34)16-20-12-19-4-3-9-36(28(19)32-24(20)18-37)29(39)33-26-13-25(21(14-30)15-31-26)41-23-7-5-22(40-2)6-8-23;1-2-3-4;1-2-3-1;1-2/h12-13,15,18,22-23H,3-11,16-17H2,1-2H3,(H,31,33,39);3H,2H2,1H3;1-3H2;1-2H3. The Bertz CT molecular complexity index is 1470. The van der Waals surface area contributed by atoms with Crippen LogP contribution in [-0.4, -0.2) is 96.8 Å². The fourth-order valence-electron chi connectivity index (χ4n) is 5.61. The van der Waals surface area contributed by atoms with Crippen molar-refractivity contribution in [2.75, 3.05) is 50.6 Å². The lowest BCUT2D eigenvalue weighted by atomic mass is 9.95. The summed E-state index contributed by atoms with van der Waals surface area (Å²) < 4.78 is 11.6. The summed E-state index contributed by atoms with van der Waals surface area (Å²) in [6, 6.07) is 5.13. The first-order valence-electron chi connectivity index (χ1n) is 17.9. The van der Waals surface area contributed by atoms with Crippen molar-refractivity contribution in [3.8, 4) is 11.8 Å². The molecule has 3 amide bonds. The second-order valence-electron chi connectivity index (χ2n) is 12.4. The predicted octanol–water partition coefficient (Wildman–Crippen LogP) is 5.55. The maximum absolute atomic E-state index is 13.4. The third kappa shape index (κ3) is 11.9. The number of rotatable bonds is 8. The molecule has 6 rings (SSSR count). The fraction of sp³-hybridized carbons (Fsp3) is 0.595. The minimum Gasteiger partial charge on any atom is -0.489 e. The average Bonchev–Trinajstić information content (AvgIpc) is 4.04. The van der Waals surface area contributed by atoms with Crippen LogP contribution in [0, 0.1) is 11.3 Å². The molecule has 272 valence electrons. The van der Waals surface area contributed by atoms with Gasteiger partial charge in [-0.1, -0.05) is 40.0 Å². The zero-order chi connectivity index (χ0) is 36.5. The zero-order valence-electron chi connectivity index (χ0n) is 30.3. The Morgan fingerprint density at radius 3 is 2.32 bits per heavy atom. The molecule has 0 bridgehead atoms. The van der Waals surface area contributed by atoms with Crippen molar-refractivity contribution in [1.29, 1.82) is 5.26 Å². The van der Waals surface area contributed by atoms with Gasteiger partial charge in [-0.15, -0.1) is 0 Å². The number of urea groups is 1. The summed E-state index contributed by atoms with van der Waals surface area (Å²) >= 11 is 0. The SMILES string of the molecule is C1CC1.CC.CCC=O.COC1CCC(Oc2cc(NC(=O)N3CCCc4cc(CN5CCN(C)CC5=O)c(C=O)nc43)ncc2C#N)CC1. The van der Waals surface area contributed by atoms with Crippen molar-refractivity contribution < 1.29 is 28.7 Å². The first-order valence-corrected chi connectivity index (χ1v) is 17.9. The Morgan fingerprint density at radius 2 is 1.74 bits per heavy atom. The lowest BCUT2D eigenvalue weighted by molar-refractivity contribution is -0.136. The summed E-state index contributed by atoms with van der Waals surface area (Å²) in [4.78, 5) is 61.1. The van der Waals surface area contributed by atoms with Crippen LogP contribution in [-0.2, 0) is 27.3 Å². The van der Waals surface area contributed by atoms with Crippen LogP contribution in [0.4, 0.5) is 16.4 Å². The molecule has 3 fully saturated rings. The van der Waals surface area contributed by atoms with Crippen LogP contribution < -0.4 is 15.0 Å². The van der Waals surface area contributed by atoms with Gasteiger partial charge in [-0.2, -0.15) is 5.26 Å². The number of fused-ring (bicyclic) bond motifs is 1. The Balaban J connectivity index is 0.000000669. The van der Waals surface area contributed by atoms with E-state index in [0.717, 1.165) is 44.1 Å². The van der Waals surface area contributed by atoms with E-state index in [1.165, 1.54) is 30.4 Å². The lowest BCUT2D eigenvalue weighted by Crippen LogP contribution is -2.48. The Hall–Kier alpha value is -4.41. The number of aromatic nitrogens is 2.